The predicted octanol–water partition coefficient (Wildman–Crippen LogP) is 2.75. The van der Waals surface area contributed by atoms with Crippen molar-refractivity contribution in [1.82, 2.24) is 9.88 Å². The monoisotopic (exact) mass is 260 g/mol. The molecule has 0 aliphatic carbocycles. The number of carbonyl (C=O) groups excluding carboxylic acids is 1. The van der Waals surface area contributed by atoms with Gasteiger partial charge in [-0.1, -0.05) is 13.0 Å². The molecule has 2 heterocycles. The van der Waals surface area contributed by atoms with Gasteiger partial charge >= 0.3 is 0 Å². The van der Waals surface area contributed by atoms with Crippen molar-refractivity contribution in [3.05, 3.63) is 36.0 Å². The van der Waals surface area contributed by atoms with E-state index >= 15 is 0 Å². The van der Waals surface area contributed by atoms with Gasteiger partial charge in [0.25, 0.3) is 5.91 Å². The Morgan fingerprint density at radius 3 is 3.17 bits per heavy atom. The van der Waals surface area contributed by atoms with Gasteiger partial charge in [0.15, 0.2) is 0 Å². The third-order valence-electron chi connectivity index (χ3n) is 3.33. The zero-order chi connectivity index (χ0) is 12.5. The molecule has 1 aromatic heterocycles. The summed E-state index contributed by atoms with van der Waals surface area (Å²) in [4.78, 5) is 17.5. The van der Waals surface area contributed by atoms with Crippen LogP contribution < -0.4 is 0 Å². The molecule has 4 heteroatoms. The molecule has 1 fully saturated rings. The van der Waals surface area contributed by atoms with Crippen molar-refractivity contribution in [2.24, 2.45) is 0 Å². The average molecular weight is 260 g/mol. The number of thioether (sulfide) groups is 1. The van der Waals surface area contributed by atoms with Crippen LogP contribution in [0.3, 0.4) is 0 Å². The zero-order valence-electron chi connectivity index (χ0n) is 10.3. The minimum atomic E-state index is 0.152. The quantitative estimate of drug-likeness (QED) is 0.856. The Balaban J connectivity index is 1.86. The predicted molar refractivity (Wildman–Crippen MR) is 76.1 cm³/mol. The molecule has 1 saturated heterocycles. The molecule has 1 aliphatic rings. The van der Waals surface area contributed by atoms with Gasteiger partial charge in [0.1, 0.15) is 0 Å². The average Bonchev–Trinajstić information content (AvgIpc) is 2.85. The van der Waals surface area contributed by atoms with E-state index in [-0.39, 0.29) is 5.91 Å². The number of rotatable bonds is 1. The lowest BCUT2D eigenvalue weighted by atomic mass is 10.1. The molecule has 1 amide bonds. The normalized spacial score (nSPS) is 20.3. The summed E-state index contributed by atoms with van der Waals surface area (Å²) in [5.74, 6) is 1.19. The third-order valence-corrected chi connectivity index (χ3v) is 4.47. The Kier molecular flexibility index (Phi) is 3.04. The molecule has 3 rings (SSSR count). The number of aromatic nitrogens is 1. The SMILES string of the molecule is CC1CN(C(=O)c2ccc3cc[nH]c3c2)CCS1. The largest absolute Gasteiger partial charge is 0.361 e. The summed E-state index contributed by atoms with van der Waals surface area (Å²) in [5.41, 5.74) is 1.81. The van der Waals surface area contributed by atoms with Crippen molar-refractivity contribution in [3.63, 3.8) is 0 Å². The van der Waals surface area contributed by atoms with Crippen molar-refractivity contribution in [2.45, 2.75) is 12.2 Å². The molecule has 2 aromatic rings. The van der Waals surface area contributed by atoms with E-state index in [9.17, 15) is 4.79 Å². The number of H-pyrrole nitrogens is 1. The number of hydrogen-bond donors (Lipinski definition) is 1. The van der Waals surface area contributed by atoms with E-state index < -0.39 is 0 Å². The first-order valence-electron chi connectivity index (χ1n) is 6.22. The molecule has 0 spiro atoms. The van der Waals surface area contributed by atoms with E-state index in [0.717, 1.165) is 35.3 Å². The van der Waals surface area contributed by atoms with E-state index in [2.05, 4.69) is 11.9 Å². The van der Waals surface area contributed by atoms with Crippen molar-refractivity contribution in [1.29, 1.82) is 0 Å². The van der Waals surface area contributed by atoms with Crippen LogP contribution in [0.2, 0.25) is 0 Å². The molecule has 3 nitrogen and oxygen atoms in total. The Labute approximate surface area is 111 Å². The van der Waals surface area contributed by atoms with Gasteiger partial charge in [-0.15, -0.1) is 0 Å². The first-order chi connectivity index (χ1) is 8.74. The maximum Gasteiger partial charge on any atom is 0.253 e. The number of fused-ring (bicyclic) bond motifs is 1. The lowest BCUT2D eigenvalue weighted by molar-refractivity contribution is 0.0763. The van der Waals surface area contributed by atoms with Crippen molar-refractivity contribution in [2.75, 3.05) is 18.8 Å². The van der Waals surface area contributed by atoms with Crippen LogP contribution in [-0.2, 0) is 0 Å². The smallest absolute Gasteiger partial charge is 0.253 e. The van der Waals surface area contributed by atoms with Crippen LogP contribution in [0, 0.1) is 0 Å². The maximum absolute atomic E-state index is 12.4. The third kappa shape index (κ3) is 2.12. The van der Waals surface area contributed by atoms with Crippen molar-refractivity contribution < 1.29 is 4.79 Å². The molecule has 0 bridgehead atoms. The minimum Gasteiger partial charge on any atom is -0.361 e. The zero-order valence-corrected chi connectivity index (χ0v) is 11.2. The fraction of sp³-hybridized carbons (Fsp3) is 0.357. The van der Waals surface area contributed by atoms with Crippen LogP contribution >= 0.6 is 11.8 Å². The molecule has 1 N–H and O–H groups in total. The Morgan fingerprint density at radius 2 is 2.33 bits per heavy atom. The number of benzene rings is 1. The second-order valence-electron chi connectivity index (χ2n) is 4.71. The number of amides is 1. The van der Waals surface area contributed by atoms with Gasteiger partial charge in [0, 0.05) is 41.4 Å². The fourth-order valence-electron chi connectivity index (χ4n) is 2.37. The van der Waals surface area contributed by atoms with E-state index in [1.54, 1.807) is 0 Å². The Morgan fingerprint density at radius 1 is 1.44 bits per heavy atom. The second-order valence-corrected chi connectivity index (χ2v) is 6.26. The van der Waals surface area contributed by atoms with Crippen LogP contribution in [0.1, 0.15) is 17.3 Å². The first-order valence-corrected chi connectivity index (χ1v) is 7.27. The van der Waals surface area contributed by atoms with Gasteiger partial charge in [-0.3, -0.25) is 4.79 Å². The van der Waals surface area contributed by atoms with Gasteiger partial charge < -0.3 is 9.88 Å². The molecule has 94 valence electrons. The molecule has 1 atom stereocenters. The summed E-state index contributed by atoms with van der Waals surface area (Å²) in [6.45, 7) is 3.89. The van der Waals surface area contributed by atoms with Crippen molar-refractivity contribution >= 4 is 28.6 Å². The van der Waals surface area contributed by atoms with Gasteiger partial charge in [0.2, 0.25) is 0 Å². The maximum atomic E-state index is 12.4. The van der Waals surface area contributed by atoms with E-state index in [4.69, 9.17) is 0 Å². The molecule has 0 saturated carbocycles. The lowest BCUT2D eigenvalue weighted by Gasteiger charge is -2.30. The van der Waals surface area contributed by atoms with Crippen LogP contribution in [0.4, 0.5) is 0 Å². The minimum absolute atomic E-state index is 0.152. The Bertz CT molecular complexity index is 578. The molecule has 1 aliphatic heterocycles. The number of aromatic amines is 1. The number of hydrogen-bond acceptors (Lipinski definition) is 2. The summed E-state index contributed by atoms with van der Waals surface area (Å²) in [6.07, 6.45) is 1.90. The van der Waals surface area contributed by atoms with Crippen LogP contribution in [0.15, 0.2) is 30.5 Å². The topological polar surface area (TPSA) is 36.1 Å². The summed E-state index contributed by atoms with van der Waals surface area (Å²) in [6, 6.07) is 7.89. The molecular formula is C14H16N2OS. The highest BCUT2D eigenvalue weighted by molar-refractivity contribution is 7.99. The van der Waals surface area contributed by atoms with E-state index in [0.29, 0.717) is 5.25 Å². The van der Waals surface area contributed by atoms with Gasteiger partial charge in [-0.2, -0.15) is 11.8 Å². The number of carbonyl (C=O) groups is 1. The highest BCUT2D eigenvalue weighted by atomic mass is 32.2. The van der Waals surface area contributed by atoms with Crippen LogP contribution in [0.25, 0.3) is 10.9 Å². The fourth-order valence-corrected chi connectivity index (χ4v) is 3.38. The molecule has 0 radical (unpaired) electrons. The standard InChI is InChI=1S/C14H16N2OS/c1-10-9-16(6-7-18-10)14(17)12-3-2-11-4-5-15-13(11)8-12/h2-5,8,10,15H,6-7,9H2,1H3. The molecule has 18 heavy (non-hydrogen) atoms. The van der Waals surface area contributed by atoms with Gasteiger partial charge in [-0.25, -0.2) is 0 Å². The Hall–Kier alpha value is -1.42. The summed E-state index contributed by atoms with van der Waals surface area (Å²) in [7, 11) is 0. The first kappa shape index (κ1) is 11.7. The molecule has 1 aromatic carbocycles. The highest BCUT2D eigenvalue weighted by Gasteiger charge is 2.22. The molecular weight excluding hydrogens is 244 g/mol. The van der Waals surface area contributed by atoms with Crippen molar-refractivity contribution in [3.8, 4) is 0 Å². The molecule has 1 unspecified atom stereocenters. The summed E-state index contributed by atoms with van der Waals surface area (Å²) < 4.78 is 0. The van der Waals surface area contributed by atoms with Crippen LogP contribution in [-0.4, -0.2) is 39.9 Å². The second kappa shape index (κ2) is 4.69. The lowest BCUT2D eigenvalue weighted by Crippen LogP contribution is -2.41. The highest BCUT2D eigenvalue weighted by Crippen LogP contribution is 2.21. The summed E-state index contributed by atoms with van der Waals surface area (Å²) in [5, 5.41) is 1.69. The number of nitrogens with one attached hydrogen (secondary N) is 1. The van der Waals surface area contributed by atoms with Gasteiger partial charge in [0.05, 0.1) is 0 Å². The number of nitrogens with zero attached hydrogens (tertiary/aromatic N) is 1. The van der Waals surface area contributed by atoms with E-state index in [1.165, 1.54) is 0 Å². The van der Waals surface area contributed by atoms with Crippen LogP contribution in [0.5, 0.6) is 0 Å². The van der Waals surface area contributed by atoms with Gasteiger partial charge in [-0.05, 0) is 23.6 Å². The van der Waals surface area contributed by atoms with E-state index in [1.807, 2.05) is 47.1 Å². The summed E-state index contributed by atoms with van der Waals surface area (Å²) >= 11 is 1.94.